The molecule has 3 aromatic rings. The number of rotatable bonds is 6. The highest BCUT2D eigenvalue weighted by molar-refractivity contribution is 6.34. The summed E-state index contributed by atoms with van der Waals surface area (Å²) in [4.78, 5) is 32.5. The van der Waals surface area contributed by atoms with E-state index in [2.05, 4.69) is 41.9 Å². The SMILES string of the molecule is CC[C@H]1CN(c2nc(N)c(-c3nnc(CN)o3)nc2Cl)CCN1C1CCN(C(=O)c2ccc(Cl)nc2Cl)CC1. The summed E-state index contributed by atoms with van der Waals surface area (Å²) in [5, 5.41) is 8.39. The van der Waals surface area contributed by atoms with E-state index < -0.39 is 0 Å². The smallest absolute Gasteiger partial charge is 0.270 e. The lowest BCUT2D eigenvalue weighted by molar-refractivity contribution is 0.0490. The van der Waals surface area contributed by atoms with Gasteiger partial charge in [-0.25, -0.2) is 15.0 Å². The summed E-state index contributed by atoms with van der Waals surface area (Å²) in [5.74, 6) is 0.973. The number of nitrogens with two attached hydrogens (primary N) is 2. The number of amides is 1. The van der Waals surface area contributed by atoms with Crippen LogP contribution >= 0.6 is 34.8 Å². The monoisotopic (exact) mass is 594 g/mol. The number of aromatic nitrogens is 5. The number of anilines is 2. The van der Waals surface area contributed by atoms with Crippen LogP contribution in [0.3, 0.4) is 0 Å². The van der Waals surface area contributed by atoms with Gasteiger partial charge in [-0.05, 0) is 31.4 Å². The Morgan fingerprint density at radius 1 is 1.05 bits per heavy atom. The van der Waals surface area contributed by atoms with Crippen molar-refractivity contribution >= 4 is 52.3 Å². The maximum absolute atomic E-state index is 13.0. The largest absolute Gasteiger partial charge is 0.418 e. The van der Waals surface area contributed by atoms with Crippen LogP contribution in [0.4, 0.5) is 11.6 Å². The van der Waals surface area contributed by atoms with Crippen LogP contribution in [0.5, 0.6) is 0 Å². The molecule has 0 unspecified atom stereocenters. The predicted molar refractivity (Wildman–Crippen MR) is 149 cm³/mol. The van der Waals surface area contributed by atoms with E-state index in [9.17, 15) is 4.79 Å². The van der Waals surface area contributed by atoms with Gasteiger partial charge in [-0.3, -0.25) is 9.69 Å². The molecule has 2 saturated heterocycles. The van der Waals surface area contributed by atoms with Crippen molar-refractivity contribution in [2.75, 3.05) is 43.4 Å². The van der Waals surface area contributed by atoms with Gasteiger partial charge in [0.15, 0.2) is 22.5 Å². The Hall–Kier alpha value is -2.77. The second-order valence-electron chi connectivity index (χ2n) is 9.52. The van der Waals surface area contributed by atoms with Gasteiger partial charge in [-0.15, -0.1) is 10.2 Å². The molecule has 4 N–H and O–H groups in total. The van der Waals surface area contributed by atoms with E-state index in [1.54, 1.807) is 12.1 Å². The number of halogens is 3. The van der Waals surface area contributed by atoms with Crippen molar-refractivity contribution in [2.45, 2.75) is 44.8 Å². The van der Waals surface area contributed by atoms with Crippen molar-refractivity contribution < 1.29 is 9.21 Å². The van der Waals surface area contributed by atoms with Crippen LogP contribution in [0.15, 0.2) is 16.5 Å². The second-order valence-corrected chi connectivity index (χ2v) is 10.6. The molecule has 1 amide bonds. The highest BCUT2D eigenvalue weighted by atomic mass is 35.5. The molecule has 2 fully saturated rings. The van der Waals surface area contributed by atoms with Gasteiger partial charge in [0.2, 0.25) is 5.89 Å². The molecule has 0 aromatic carbocycles. The lowest BCUT2D eigenvalue weighted by atomic mass is 9.98. The molecule has 2 aliphatic rings. The van der Waals surface area contributed by atoms with Crippen molar-refractivity contribution in [3.8, 4) is 11.6 Å². The van der Waals surface area contributed by atoms with E-state index >= 15 is 0 Å². The lowest BCUT2D eigenvalue weighted by Crippen LogP contribution is -2.58. The molecule has 0 saturated carbocycles. The molecule has 0 bridgehead atoms. The van der Waals surface area contributed by atoms with Crippen LogP contribution in [-0.4, -0.2) is 85.7 Å². The fourth-order valence-electron chi connectivity index (χ4n) is 5.26. The maximum atomic E-state index is 13.0. The molecule has 2 aliphatic heterocycles. The first-order valence-electron chi connectivity index (χ1n) is 12.8. The predicted octanol–water partition coefficient (Wildman–Crippen LogP) is 3.13. The third kappa shape index (κ3) is 5.75. The number of pyridine rings is 1. The van der Waals surface area contributed by atoms with Crippen LogP contribution in [0.2, 0.25) is 15.5 Å². The topological polar surface area (TPSA) is 156 Å². The van der Waals surface area contributed by atoms with Gasteiger partial charge in [0.1, 0.15) is 10.3 Å². The van der Waals surface area contributed by atoms with Crippen LogP contribution in [-0.2, 0) is 6.54 Å². The Balaban J connectivity index is 1.23. The molecule has 0 spiro atoms. The normalized spacial score (nSPS) is 19.1. The Bertz CT molecular complexity index is 1350. The van der Waals surface area contributed by atoms with Crippen molar-refractivity contribution in [1.29, 1.82) is 0 Å². The van der Waals surface area contributed by atoms with Gasteiger partial charge < -0.3 is 25.7 Å². The standard InChI is InChI=1S/C24H29Cl3N10O2/c1-2-13-12-36(22-20(27)31-18(21(29)32-22)23-34-33-17(11-28)39-23)9-10-37(13)14-5-7-35(8-6-14)24(38)15-3-4-16(25)30-19(15)26/h3-4,13-14H,2,5-12,28H2,1H3,(H2,29,32)/t13-/m0/s1. The molecule has 0 aliphatic carbocycles. The van der Waals surface area contributed by atoms with Gasteiger partial charge in [-0.2, -0.15) is 0 Å². The molecule has 3 aromatic heterocycles. The Kier molecular flexibility index (Phi) is 8.38. The fraction of sp³-hybridized carbons (Fsp3) is 0.500. The number of nitrogens with zero attached hydrogens (tertiary/aromatic N) is 8. The minimum Gasteiger partial charge on any atom is -0.418 e. The van der Waals surface area contributed by atoms with Gasteiger partial charge >= 0.3 is 0 Å². The second kappa shape index (κ2) is 11.8. The Labute approximate surface area is 240 Å². The number of nitrogen functional groups attached to an aromatic ring is 1. The summed E-state index contributed by atoms with van der Waals surface area (Å²) in [7, 11) is 0. The minimum absolute atomic E-state index is 0.109. The molecule has 39 heavy (non-hydrogen) atoms. The first-order valence-corrected chi connectivity index (χ1v) is 13.9. The van der Waals surface area contributed by atoms with Gasteiger partial charge in [-0.1, -0.05) is 41.7 Å². The zero-order valence-corrected chi connectivity index (χ0v) is 23.6. The molecule has 0 radical (unpaired) electrons. The number of carbonyl (C=O) groups is 1. The van der Waals surface area contributed by atoms with Crippen LogP contribution in [0.25, 0.3) is 11.6 Å². The first-order chi connectivity index (χ1) is 18.8. The summed E-state index contributed by atoms with van der Waals surface area (Å²) >= 11 is 18.6. The zero-order valence-electron chi connectivity index (χ0n) is 21.4. The highest BCUT2D eigenvalue weighted by Crippen LogP contribution is 2.32. The number of carbonyl (C=O) groups excluding carboxylic acids is 1. The summed E-state index contributed by atoms with van der Waals surface area (Å²) < 4.78 is 5.47. The number of piperazine rings is 1. The molecular weight excluding hydrogens is 567 g/mol. The summed E-state index contributed by atoms with van der Waals surface area (Å²) in [5.41, 5.74) is 12.4. The van der Waals surface area contributed by atoms with Crippen molar-refractivity contribution in [3.05, 3.63) is 39.0 Å². The minimum atomic E-state index is -0.117. The molecule has 5 rings (SSSR count). The average Bonchev–Trinajstić information content (AvgIpc) is 3.43. The van der Waals surface area contributed by atoms with E-state index in [4.69, 9.17) is 50.7 Å². The Morgan fingerprint density at radius 3 is 2.49 bits per heavy atom. The van der Waals surface area contributed by atoms with Crippen LogP contribution < -0.4 is 16.4 Å². The van der Waals surface area contributed by atoms with E-state index in [1.807, 2.05) is 4.90 Å². The quantitative estimate of drug-likeness (QED) is 0.404. The van der Waals surface area contributed by atoms with Crippen LogP contribution in [0.1, 0.15) is 42.4 Å². The van der Waals surface area contributed by atoms with Gasteiger partial charge in [0, 0.05) is 44.8 Å². The fourth-order valence-corrected chi connectivity index (χ4v) is 5.93. The molecule has 5 heterocycles. The number of likely N-dealkylation sites (tertiary alicyclic amines) is 1. The molecule has 208 valence electrons. The third-order valence-electron chi connectivity index (χ3n) is 7.27. The summed E-state index contributed by atoms with van der Waals surface area (Å²) in [6.07, 6.45) is 2.69. The number of hydrogen-bond donors (Lipinski definition) is 2. The Morgan fingerprint density at radius 2 is 1.82 bits per heavy atom. The highest BCUT2D eigenvalue weighted by Gasteiger charge is 2.35. The maximum Gasteiger partial charge on any atom is 0.270 e. The zero-order chi connectivity index (χ0) is 27.7. The van der Waals surface area contributed by atoms with E-state index in [0.29, 0.717) is 37.1 Å². The average molecular weight is 596 g/mol. The molecular formula is C24H29Cl3N10O2. The molecule has 12 nitrogen and oxygen atoms in total. The van der Waals surface area contributed by atoms with Gasteiger partial charge in [0.05, 0.1) is 12.1 Å². The van der Waals surface area contributed by atoms with Crippen molar-refractivity contribution in [3.63, 3.8) is 0 Å². The van der Waals surface area contributed by atoms with Gasteiger partial charge in [0.25, 0.3) is 11.8 Å². The third-order valence-corrected chi connectivity index (χ3v) is 8.02. The summed E-state index contributed by atoms with van der Waals surface area (Å²) in [6.45, 7) is 5.85. The van der Waals surface area contributed by atoms with E-state index in [0.717, 1.165) is 32.4 Å². The van der Waals surface area contributed by atoms with E-state index in [-0.39, 0.29) is 57.2 Å². The summed E-state index contributed by atoms with van der Waals surface area (Å²) in [6, 6.07) is 3.86. The van der Waals surface area contributed by atoms with E-state index in [1.165, 1.54) is 0 Å². The molecule has 15 heteroatoms. The van der Waals surface area contributed by atoms with Crippen molar-refractivity contribution in [1.82, 2.24) is 34.9 Å². The number of piperidine rings is 1. The molecule has 1 atom stereocenters. The first kappa shape index (κ1) is 27.8. The lowest BCUT2D eigenvalue weighted by Gasteiger charge is -2.47. The van der Waals surface area contributed by atoms with Crippen molar-refractivity contribution in [2.24, 2.45) is 5.73 Å². The number of hydrogen-bond acceptors (Lipinski definition) is 11. The van der Waals surface area contributed by atoms with Crippen LogP contribution in [0, 0.1) is 0 Å².